The first-order chi connectivity index (χ1) is 11.7. The third-order valence-corrected chi connectivity index (χ3v) is 4.05. The van der Waals surface area contributed by atoms with Gasteiger partial charge in [-0.3, -0.25) is 14.6 Å². The van der Waals surface area contributed by atoms with E-state index in [9.17, 15) is 14.7 Å². The summed E-state index contributed by atoms with van der Waals surface area (Å²) in [6, 6.07) is 7.71. The van der Waals surface area contributed by atoms with Crippen LogP contribution in [0.1, 0.15) is 10.4 Å². The van der Waals surface area contributed by atoms with Crippen molar-refractivity contribution >= 4 is 39.2 Å². The first-order valence-electron chi connectivity index (χ1n) is 7.15. The highest BCUT2D eigenvalue weighted by Crippen LogP contribution is 2.16. The molecule has 3 rings (SSSR count). The Balaban J connectivity index is 1.77. The van der Waals surface area contributed by atoms with Gasteiger partial charge in [0.25, 0.3) is 11.8 Å². The van der Waals surface area contributed by atoms with Gasteiger partial charge in [-0.25, -0.2) is 4.98 Å². The van der Waals surface area contributed by atoms with Gasteiger partial charge in [-0.05, 0) is 12.1 Å². The lowest BCUT2D eigenvalue weighted by molar-refractivity contribution is -0.118. The van der Waals surface area contributed by atoms with E-state index in [1.54, 1.807) is 35.8 Å². The molecule has 1 atom stereocenters. The van der Waals surface area contributed by atoms with E-state index in [1.807, 2.05) is 6.07 Å². The van der Waals surface area contributed by atoms with Crippen LogP contribution in [0.4, 0.5) is 5.13 Å². The number of thiazole rings is 1. The molecule has 2 heterocycles. The summed E-state index contributed by atoms with van der Waals surface area (Å²) in [6.45, 7) is -0.522. The molecule has 122 valence electrons. The number of fused-ring (bicyclic) bond motifs is 1. The van der Waals surface area contributed by atoms with E-state index < -0.39 is 24.5 Å². The number of aliphatic hydroxyl groups is 1. The quantitative estimate of drug-likeness (QED) is 0.650. The SMILES string of the molecule is O=C(NC(CO)C(=O)Nc1nccs1)c1ccnc2ccccc12. The predicted octanol–water partition coefficient (Wildman–Crippen LogP) is 1.42. The Kier molecular flexibility index (Phi) is 4.78. The van der Waals surface area contributed by atoms with E-state index >= 15 is 0 Å². The van der Waals surface area contributed by atoms with Crippen LogP contribution in [0.25, 0.3) is 10.9 Å². The molecule has 0 aliphatic heterocycles. The summed E-state index contributed by atoms with van der Waals surface area (Å²) < 4.78 is 0. The highest BCUT2D eigenvalue weighted by Gasteiger charge is 2.22. The van der Waals surface area contributed by atoms with Gasteiger partial charge in [-0.1, -0.05) is 18.2 Å². The minimum Gasteiger partial charge on any atom is -0.394 e. The van der Waals surface area contributed by atoms with Crippen LogP contribution in [0, 0.1) is 0 Å². The summed E-state index contributed by atoms with van der Waals surface area (Å²) in [5, 5.41) is 17.3. The van der Waals surface area contributed by atoms with Gasteiger partial charge in [0.1, 0.15) is 6.04 Å². The summed E-state index contributed by atoms with van der Waals surface area (Å²) in [6.07, 6.45) is 3.08. The topological polar surface area (TPSA) is 104 Å². The molecule has 0 saturated heterocycles. The number of hydrogen-bond donors (Lipinski definition) is 3. The molecule has 3 aromatic rings. The molecule has 24 heavy (non-hydrogen) atoms. The summed E-state index contributed by atoms with van der Waals surface area (Å²) >= 11 is 1.25. The number of carbonyl (C=O) groups excluding carboxylic acids is 2. The first kappa shape index (κ1) is 16.0. The number of aliphatic hydroxyl groups excluding tert-OH is 1. The average Bonchev–Trinajstić information content (AvgIpc) is 3.11. The van der Waals surface area contributed by atoms with Crippen LogP contribution in [0.2, 0.25) is 0 Å². The number of nitrogens with one attached hydrogen (secondary N) is 2. The Labute approximate surface area is 141 Å². The summed E-state index contributed by atoms with van der Waals surface area (Å²) in [7, 11) is 0. The Morgan fingerprint density at radius 1 is 1.17 bits per heavy atom. The van der Waals surface area contributed by atoms with Crippen LogP contribution in [0.3, 0.4) is 0 Å². The Morgan fingerprint density at radius 3 is 2.75 bits per heavy atom. The number of carbonyl (C=O) groups is 2. The van der Waals surface area contributed by atoms with Crippen molar-refractivity contribution in [1.29, 1.82) is 0 Å². The van der Waals surface area contributed by atoms with Gasteiger partial charge in [-0.2, -0.15) is 0 Å². The number of amides is 2. The van der Waals surface area contributed by atoms with E-state index in [-0.39, 0.29) is 0 Å². The Morgan fingerprint density at radius 2 is 2.00 bits per heavy atom. The Hall–Kier alpha value is -2.84. The fourth-order valence-corrected chi connectivity index (χ4v) is 2.73. The van der Waals surface area contributed by atoms with Crippen molar-refractivity contribution in [2.45, 2.75) is 6.04 Å². The summed E-state index contributed by atoms with van der Waals surface area (Å²) in [5.74, 6) is -0.985. The second-order valence-electron chi connectivity index (χ2n) is 4.91. The molecule has 0 spiro atoms. The van der Waals surface area contributed by atoms with E-state index in [1.165, 1.54) is 17.5 Å². The third-order valence-electron chi connectivity index (χ3n) is 3.36. The molecule has 8 heteroatoms. The van der Waals surface area contributed by atoms with Crippen LogP contribution in [-0.2, 0) is 4.79 Å². The third kappa shape index (κ3) is 3.39. The normalized spacial score (nSPS) is 11.9. The van der Waals surface area contributed by atoms with Gasteiger partial charge < -0.3 is 15.7 Å². The highest BCUT2D eigenvalue weighted by atomic mass is 32.1. The molecule has 3 N–H and O–H groups in total. The standard InChI is InChI=1S/C16H14N4O3S/c21-9-13(15(23)20-16-18-7-8-24-16)19-14(22)11-5-6-17-12-4-2-1-3-10(11)12/h1-8,13,21H,9H2,(H,19,22)(H,18,20,23). The molecule has 2 amide bonds. The smallest absolute Gasteiger partial charge is 0.252 e. The van der Waals surface area contributed by atoms with Gasteiger partial charge in [0, 0.05) is 23.2 Å². The lowest BCUT2D eigenvalue weighted by Crippen LogP contribution is -2.46. The number of aromatic nitrogens is 2. The van der Waals surface area contributed by atoms with Crippen molar-refractivity contribution in [3.05, 3.63) is 53.7 Å². The number of nitrogens with zero attached hydrogens (tertiary/aromatic N) is 2. The average molecular weight is 342 g/mol. The van der Waals surface area contributed by atoms with E-state index in [2.05, 4.69) is 20.6 Å². The van der Waals surface area contributed by atoms with Crippen LogP contribution >= 0.6 is 11.3 Å². The molecule has 0 bridgehead atoms. The number of anilines is 1. The van der Waals surface area contributed by atoms with E-state index in [0.717, 1.165) is 0 Å². The molecule has 2 aromatic heterocycles. The van der Waals surface area contributed by atoms with Crippen molar-refractivity contribution in [1.82, 2.24) is 15.3 Å². The van der Waals surface area contributed by atoms with Crippen LogP contribution in [0.5, 0.6) is 0 Å². The van der Waals surface area contributed by atoms with E-state index in [0.29, 0.717) is 21.6 Å². The second-order valence-corrected chi connectivity index (χ2v) is 5.81. The number of rotatable bonds is 5. The fraction of sp³-hybridized carbons (Fsp3) is 0.125. The molecular weight excluding hydrogens is 328 g/mol. The Bertz CT molecular complexity index is 861. The summed E-state index contributed by atoms with van der Waals surface area (Å²) in [4.78, 5) is 32.8. The second kappa shape index (κ2) is 7.16. The van der Waals surface area contributed by atoms with Crippen LogP contribution in [-0.4, -0.2) is 39.5 Å². The number of para-hydroxylation sites is 1. The molecule has 7 nitrogen and oxygen atoms in total. The number of benzene rings is 1. The first-order valence-corrected chi connectivity index (χ1v) is 8.03. The largest absolute Gasteiger partial charge is 0.394 e. The zero-order chi connectivity index (χ0) is 16.9. The number of pyridine rings is 1. The minimum absolute atomic E-state index is 0.390. The maximum absolute atomic E-state index is 12.5. The number of hydrogen-bond acceptors (Lipinski definition) is 6. The van der Waals surface area contributed by atoms with Gasteiger partial charge in [0.15, 0.2) is 5.13 Å². The van der Waals surface area contributed by atoms with Crippen molar-refractivity contribution in [3.63, 3.8) is 0 Å². The molecule has 0 fully saturated rings. The molecule has 0 saturated carbocycles. The molecule has 0 radical (unpaired) electrons. The maximum Gasteiger partial charge on any atom is 0.252 e. The monoisotopic (exact) mass is 342 g/mol. The van der Waals surface area contributed by atoms with E-state index in [4.69, 9.17) is 0 Å². The van der Waals surface area contributed by atoms with Gasteiger partial charge >= 0.3 is 0 Å². The lowest BCUT2D eigenvalue weighted by atomic mass is 10.1. The molecule has 0 aliphatic rings. The van der Waals surface area contributed by atoms with Crippen molar-refractivity contribution in [2.24, 2.45) is 0 Å². The fourth-order valence-electron chi connectivity index (χ4n) is 2.20. The molecule has 1 aromatic carbocycles. The van der Waals surface area contributed by atoms with Gasteiger partial charge in [0.2, 0.25) is 0 Å². The molecule has 1 unspecified atom stereocenters. The van der Waals surface area contributed by atoms with Crippen molar-refractivity contribution in [2.75, 3.05) is 11.9 Å². The zero-order valence-electron chi connectivity index (χ0n) is 12.5. The van der Waals surface area contributed by atoms with Gasteiger partial charge in [0.05, 0.1) is 17.7 Å². The molecular formula is C16H14N4O3S. The summed E-state index contributed by atoms with van der Waals surface area (Å²) in [5.41, 5.74) is 1.07. The zero-order valence-corrected chi connectivity index (χ0v) is 13.3. The predicted molar refractivity (Wildman–Crippen MR) is 90.8 cm³/mol. The van der Waals surface area contributed by atoms with Crippen molar-refractivity contribution < 1.29 is 14.7 Å². The highest BCUT2D eigenvalue weighted by molar-refractivity contribution is 7.13. The van der Waals surface area contributed by atoms with Crippen LogP contribution < -0.4 is 10.6 Å². The maximum atomic E-state index is 12.5. The van der Waals surface area contributed by atoms with Gasteiger partial charge in [-0.15, -0.1) is 11.3 Å². The minimum atomic E-state index is -1.08. The van der Waals surface area contributed by atoms with Crippen LogP contribution in [0.15, 0.2) is 48.1 Å². The molecule has 0 aliphatic carbocycles. The lowest BCUT2D eigenvalue weighted by Gasteiger charge is -2.16. The van der Waals surface area contributed by atoms with Crippen molar-refractivity contribution in [3.8, 4) is 0 Å².